The van der Waals surface area contributed by atoms with E-state index in [1.807, 2.05) is 0 Å². The Hall–Kier alpha value is -4.88. The van der Waals surface area contributed by atoms with E-state index >= 15 is 0 Å². The molecule has 9 rings (SSSR count). The van der Waals surface area contributed by atoms with Gasteiger partial charge in [-0.1, -0.05) is 129 Å². The van der Waals surface area contributed by atoms with E-state index in [1.165, 1.54) is 71.9 Å². The molecule has 200 valence electrons. The molecule has 6 aromatic rings. The van der Waals surface area contributed by atoms with Gasteiger partial charge in [-0.2, -0.15) is 0 Å². The van der Waals surface area contributed by atoms with E-state index in [0.717, 1.165) is 0 Å². The molecular weight excluding hydrogens is 506 g/mol. The first-order valence-electron chi connectivity index (χ1n) is 15.0. The molecule has 2 atom stereocenters. The van der Waals surface area contributed by atoms with Gasteiger partial charge in [-0.25, -0.2) is 0 Å². The van der Waals surface area contributed by atoms with E-state index in [2.05, 4.69) is 158 Å². The molecule has 0 aromatic heterocycles. The highest BCUT2D eigenvalue weighted by atomic mass is 15.2. The summed E-state index contributed by atoms with van der Waals surface area (Å²) in [5.41, 5.74) is 12.1. The molecule has 1 heteroatoms. The summed E-state index contributed by atoms with van der Waals surface area (Å²) in [6.07, 6.45) is 7.33. The van der Waals surface area contributed by atoms with Crippen molar-refractivity contribution < 1.29 is 0 Å². The van der Waals surface area contributed by atoms with Gasteiger partial charge in [0.15, 0.2) is 0 Å². The van der Waals surface area contributed by atoms with Crippen LogP contribution < -0.4 is 4.90 Å². The maximum Gasteiger partial charge on any atom is 0.0630 e. The van der Waals surface area contributed by atoms with Crippen LogP contribution in [-0.2, 0) is 5.41 Å². The standard InChI is InChI=1S/C41H31N/c1-41(2)36-16-7-8-17-39(36)42-38-21-20-30(29-19-18-26-10-3-4-12-28(26)22-29)23-34(38)35-24-31(25-37(41)40(35)42)33-15-9-13-27-11-5-6-14-32(27)33/h3-25,34,38H,1-2H3. The summed E-state index contributed by atoms with van der Waals surface area (Å²) in [6, 6.07) is 45.3. The SMILES string of the molecule is CC1(C)c2ccccc2N2c3c(cc(-c4cccc5ccccc45)cc31)C1C=C(c3ccc4ccccc4c3)C=CC12. The minimum Gasteiger partial charge on any atom is -0.333 e. The monoisotopic (exact) mass is 537 g/mol. The fraction of sp³-hybridized carbons (Fsp3) is 0.122. The Labute approximate surface area is 247 Å². The van der Waals surface area contributed by atoms with Gasteiger partial charge in [0.2, 0.25) is 0 Å². The Balaban J connectivity index is 1.29. The van der Waals surface area contributed by atoms with Crippen molar-refractivity contribution in [3.8, 4) is 11.1 Å². The largest absolute Gasteiger partial charge is 0.333 e. The lowest BCUT2D eigenvalue weighted by atomic mass is 9.72. The van der Waals surface area contributed by atoms with Gasteiger partial charge in [0.25, 0.3) is 0 Å². The fourth-order valence-electron chi connectivity index (χ4n) is 7.83. The zero-order valence-electron chi connectivity index (χ0n) is 23.9. The van der Waals surface area contributed by atoms with Gasteiger partial charge in [0, 0.05) is 22.7 Å². The number of para-hydroxylation sites is 1. The molecule has 1 nitrogen and oxygen atoms in total. The van der Waals surface area contributed by atoms with E-state index in [0.29, 0.717) is 0 Å². The lowest BCUT2D eigenvalue weighted by Crippen LogP contribution is -2.36. The van der Waals surface area contributed by atoms with E-state index in [4.69, 9.17) is 0 Å². The molecule has 42 heavy (non-hydrogen) atoms. The summed E-state index contributed by atoms with van der Waals surface area (Å²) in [7, 11) is 0. The summed E-state index contributed by atoms with van der Waals surface area (Å²) in [5.74, 6) is 0.266. The Morgan fingerprint density at radius 2 is 1.38 bits per heavy atom. The van der Waals surface area contributed by atoms with Gasteiger partial charge in [0.1, 0.15) is 0 Å². The van der Waals surface area contributed by atoms with E-state index in [1.54, 1.807) is 0 Å². The summed E-state index contributed by atoms with van der Waals surface area (Å²) in [4.78, 5) is 2.63. The third-order valence-corrected chi connectivity index (χ3v) is 9.93. The van der Waals surface area contributed by atoms with Gasteiger partial charge < -0.3 is 4.90 Å². The predicted molar refractivity (Wildman–Crippen MR) is 178 cm³/mol. The molecule has 2 unspecified atom stereocenters. The van der Waals surface area contributed by atoms with Crippen molar-refractivity contribution in [3.05, 3.63) is 162 Å². The van der Waals surface area contributed by atoms with Crippen molar-refractivity contribution in [2.45, 2.75) is 31.2 Å². The second-order valence-corrected chi connectivity index (χ2v) is 12.6. The number of rotatable bonds is 2. The number of anilines is 2. The van der Waals surface area contributed by atoms with Gasteiger partial charge >= 0.3 is 0 Å². The van der Waals surface area contributed by atoms with E-state index in [9.17, 15) is 0 Å². The van der Waals surface area contributed by atoms with Crippen LogP contribution in [0, 0.1) is 0 Å². The van der Waals surface area contributed by atoms with E-state index < -0.39 is 0 Å². The van der Waals surface area contributed by atoms with Crippen LogP contribution >= 0.6 is 0 Å². The van der Waals surface area contributed by atoms with Crippen LogP contribution in [0.5, 0.6) is 0 Å². The second kappa shape index (κ2) is 8.57. The highest BCUT2D eigenvalue weighted by Gasteiger charge is 2.47. The van der Waals surface area contributed by atoms with Crippen molar-refractivity contribution in [1.29, 1.82) is 0 Å². The molecule has 0 saturated carbocycles. The average Bonchev–Trinajstić information content (AvgIpc) is 3.37. The highest BCUT2D eigenvalue weighted by molar-refractivity contribution is 5.99. The first kappa shape index (κ1) is 23.8. The molecule has 0 bridgehead atoms. The first-order chi connectivity index (χ1) is 20.6. The summed E-state index contributed by atoms with van der Waals surface area (Å²) in [5, 5.41) is 5.16. The molecule has 3 aliphatic rings. The Morgan fingerprint density at radius 3 is 2.29 bits per heavy atom. The quantitative estimate of drug-likeness (QED) is 0.212. The summed E-state index contributed by atoms with van der Waals surface area (Å²) in [6.45, 7) is 4.81. The zero-order valence-corrected chi connectivity index (χ0v) is 23.9. The Bertz CT molecular complexity index is 2140. The van der Waals surface area contributed by atoms with Crippen molar-refractivity contribution in [3.63, 3.8) is 0 Å². The predicted octanol–water partition coefficient (Wildman–Crippen LogP) is 10.6. The van der Waals surface area contributed by atoms with Gasteiger partial charge in [0.05, 0.1) is 6.04 Å². The van der Waals surface area contributed by atoms with Crippen molar-refractivity contribution in [2.75, 3.05) is 4.90 Å². The maximum atomic E-state index is 2.63. The van der Waals surface area contributed by atoms with Crippen LogP contribution in [0.1, 0.15) is 42.0 Å². The summed E-state index contributed by atoms with van der Waals surface area (Å²) < 4.78 is 0. The molecule has 0 N–H and O–H groups in total. The van der Waals surface area contributed by atoms with Crippen molar-refractivity contribution in [2.24, 2.45) is 0 Å². The third kappa shape index (κ3) is 3.25. The molecule has 0 amide bonds. The van der Waals surface area contributed by atoms with E-state index in [-0.39, 0.29) is 17.4 Å². The molecular formula is C41H31N. The van der Waals surface area contributed by atoms with Crippen LogP contribution in [0.25, 0.3) is 38.2 Å². The van der Waals surface area contributed by atoms with Gasteiger partial charge in [-0.15, -0.1) is 0 Å². The molecule has 0 spiro atoms. The van der Waals surface area contributed by atoms with Crippen LogP contribution in [0.3, 0.4) is 0 Å². The van der Waals surface area contributed by atoms with Gasteiger partial charge in [-0.3, -0.25) is 0 Å². The lowest BCUT2D eigenvalue weighted by molar-refractivity contribution is 0.621. The fourth-order valence-corrected chi connectivity index (χ4v) is 7.83. The summed E-state index contributed by atoms with van der Waals surface area (Å²) >= 11 is 0. The average molecular weight is 538 g/mol. The molecule has 0 radical (unpaired) electrons. The minimum atomic E-state index is -0.111. The first-order valence-corrected chi connectivity index (χ1v) is 15.0. The number of hydrogen-bond donors (Lipinski definition) is 0. The molecule has 0 saturated heterocycles. The smallest absolute Gasteiger partial charge is 0.0630 e. The number of fused-ring (bicyclic) bond motifs is 7. The van der Waals surface area contributed by atoms with Crippen LogP contribution in [0.4, 0.5) is 11.4 Å². The van der Waals surface area contributed by atoms with Crippen LogP contribution in [-0.4, -0.2) is 6.04 Å². The number of benzene rings is 6. The van der Waals surface area contributed by atoms with Crippen LogP contribution in [0.2, 0.25) is 0 Å². The normalized spacial score (nSPS) is 19.4. The Kier molecular flexibility index (Phi) is 4.85. The maximum absolute atomic E-state index is 2.63. The topological polar surface area (TPSA) is 3.24 Å². The van der Waals surface area contributed by atoms with Crippen molar-refractivity contribution in [1.82, 2.24) is 0 Å². The van der Waals surface area contributed by atoms with Crippen molar-refractivity contribution >= 4 is 38.5 Å². The molecule has 0 fully saturated rings. The second-order valence-electron chi connectivity index (χ2n) is 12.6. The third-order valence-electron chi connectivity index (χ3n) is 9.93. The zero-order chi connectivity index (χ0) is 28.0. The number of nitrogens with zero attached hydrogens (tertiary/aromatic N) is 1. The van der Waals surface area contributed by atoms with Crippen LogP contribution in [0.15, 0.2) is 140 Å². The highest BCUT2D eigenvalue weighted by Crippen LogP contribution is 2.59. The minimum absolute atomic E-state index is 0.111. The van der Waals surface area contributed by atoms with Gasteiger partial charge in [-0.05, 0) is 84.8 Å². The molecule has 2 aliphatic heterocycles. The molecule has 1 aliphatic carbocycles. The number of hydrogen-bond acceptors (Lipinski definition) is 1. The molecule has 2 heterocycles. The number of allylic oxidation sites excluding steroid dienone is 2. The Morgan fingerprint density at radius 1 is 0.619 bits per heavy atom. The lowest BCUT2D eigenvalue weighted by Gasteiger charge is -2.42. The molecule has 6 aromatic carbocycles.